The van der Waals surface area contributed by atoms with Crippen LogP contribution in [0.15, 0.2) is 59.6 Å². The number of halogens is 1. The van der Waals surface area contributed by atoms with Crippen LogP contribution in [0.25, 0.3) is 10.9 Å². The molecular weight excluding hydrogens is 346 g/mol. The predicted molar refractivity (Wildman–Crippen MR) is 94.9 cm³/mol. The van der Waals surface area contributed by atoms with Gasteiger partial charge in [-0.15, -0.1) is 0 Å². The van der Waals surface area contributed by atoms with Crippen molar-refractivity contribution in [3.8, 4) is 0 Å². The first-order valence-electron chi connectivity index (χ1n) is 7.49. The van der Waals surface area contributed by atoms with Crippen LogP contribution >= 0.6 is 11.6 Å². The third-order valence-electron chi connectivity index (χ3n) is 3.96. The SMILES string of the molecule is Cc1ccc(S(=O)(=O)n2ccc3c(CCC(=O)Cl)cccc32)cc1. The first-order chi connectivity index (χ1) is 11.4. The van der Waals surface area contributed by atoms with Crippen LogP contribution in [-0.4, -0.2) is 17.6 Å². The van der Waals surface area contributed by atoms with E-state index in [0.29, 0.717) is 11.9 Å². The van der Waals surface area contributed by atoms with Crippen molar-refractivity contribution in [3.05, 3.63) is 65.9 Å². The number of rotatable bonds is 5. The van der Waals surface area contributed by atoms with Gasteiger partial charge in [0.15, 0.2) is 0 Å². The first kappa shape index (κ1) is 16.7. The van der Waals surface area contributed by atoms with Crippen LogP contribution in [0.1, 0.15) is 17.5 Å². The van der Waals surface area contributed by atoms with Gasteiger partial charge in [-0.25, -0.2) is 12.4 Å². The predicted octanol–water partition coefficient (Wildman–Crippen LogP) is 3.88. The summed E-state index contributed by atoms with van der Waals surface area (Å²) >= 11 is 5.41. The molecule has 0 unspecified atom stereocenters. The lowest BCUT2D eigenvalue weighted by molar-refractivity contribution is -0.111. The number of nitrogens with zero attached hydrogens (tertiary/aromatic N) is 1. The molecule has 3 aromatic rings. The highest BCUT2D eigenvalue weighted by Crippen LogP contribution is 2.26. The Hall–Kier alpha value is -2.11. The first-order valence-corrected chi connectivity index (χ1v) is 9.31. The van der Waals surface area contributed by atoms with Crippen molar-refractivity contribution in [2.45, 2.75) is 24.7 Å². The Labute approximate surface area is 145 Å². The molecule has 3 rings (SSSR count). The van der Waals surface area contributed by atoms with E-state index in [2.05, 4.69) is 0 Å². The van der Waals surface area contributed by atoms with Gasteiger partial charge < -0.3 is 0 Å². The monoisotopic (exact) mass is 361 g/mol. The molecule has 1 heterocycles. The maximum atomic E-state index is 12.9. The zero-order valence-corrected chi connectivity index (χ0v) is 14.6. The van der Waals surface area contributed by atoms with Crippen LogP contribution in [0.4, 0.5) is 0 Å². The molecule has 6 heteroatoms. The van der Waals surface area contributed by atoms with E-state index in [4.69, 9.17) is 11.6 Å². The van der Waals surface area contributed by atoms with Crippen molar-refractivity contribution in [1.29, 1.82) is 0 Å². The van der Waals surface area contributed by atoms with E-state index in [1.165, 1.54) is 3.97 Å². The van der Waals surface area contributed by atoms with Crippen molar-refractivity contribution >= 4 is 37.8 Å². The largest absolute Gasteiger partial charge is 0.281 e. The lowest BCUT2D eigenvalue weighted by atomic mass is 10.1. The molecule has 124 valence electrons. The molecule has 0 amide bonds. The fourth-order valence-electron chi connectivity index (χ4n) is 2.69. The summed E-state index contributed by atoms with van der Waals surface area (Å²) < 4.78 is 27.0. The molecule has 0 radical (unpaired) electrons. The zero-order valence-electron chi connectivity index (χ0n) is 13.1. The maximum Gasteiger partial charge on any atom is 0.268 e. The summed E-state index contributed by atoms with van der Waals surface area (Å²) in [7, 11) is -3.66. The summed E-state index contributed by atoms with van der Waals surface area (Å²) in [5.41, 5.74) is 2.49. The highest BCUT2D eigenvalue weighted by atomic mass is 35.5. The molecule has 2 aromatic carbocycles. The second kappa shape index (κ2) is 6.42. The Balaban J connectivity index is 2.09. The third kappa shape index (κ3) is 3.09. The van der Waals surface area contributed by atoms with E-state index in [1.807, 2.05) is 13.0 Å². The van der Waals surface area contributed by atoms with Gasteiger partial charge >= 0.3 is 0 Å². The number of carbonyl (C=O) groups excluding carboxylic acids is 1. The van der Waals surface area contributed by atoms with Crippen molar-refractivity contribution in [1.82, 2.24) is 3.97 Å². The Kier molecular flexibility index (Phi) is 4.47. The van der Waals surface area contributed by atoms with Crippen LogP contribution < -0.4 is 0 Å². The van der Waals surface area contributed by atoms with Gasteiger partial charge in [0.05, 0.1) is 10.4 Å². The number of aromatic nitrogens is 1. The molecule has 0 bridgehead atoms. The Morgan fingerprint density at radius 1 is 1.08 bits per heavy atom. The Morgan fingerprint density at radius 3 is 2.46 bits per heavy atom. The van der Waals surface area contributed by atoms with Crippen molar-refractivity contribution in [2.75, 3.05) is 0 Å². The maximum absolute atomic E-state index is 12.9. The second-order valence-electron chi connectivity index (χ2n) is 5.63. The molecule has 0 aliphatic heterocycles. The van der Waals surface area contributed by atoms with Gasteiger partial charge in [-0.05, 0) is 54.8 Å². The number of benzene rings is 2. The van der Waals surface area contributed by atoms with Crippen LogP contribution in [-0.2, 0) is 21.2 Å². The summed E-state index contributed by atoms with van der Waals surface area (Å²) in [6, 6.07) is 13.9. The van der Waals surface area contributed by atoms with Gasteiger partial charge in [0.2, 0.25) is 5.24 Å². The lowest BCUT2D eigenvalue weighted by Crippen LogP contribution is -2.11. The van der Waals surface area contributed by atoms with Gasteiger partial charge in [0.1, 0.15) is 0 Å². The molecule has 0 spiro atoms. The number of hydrogen-bond acceptors (Lipinski definition) is 3. The molecular formula is C18H16ClNO3S. The highest BCUT2D eigenvalue weighted by Gasteiger charge is 2.19. The minimum atomic E-state index is -3.66. The molecule has 0 aliphatic rings. The average Bonchev–Trinajstić information content (AvgIpc) is 2.98. The van der Waals surface area contributed by atoms with Crippen molar-refractivity contribution < 1.29 is 13.2 Å². The standard InChI is InChI=1S/C18H16ClNO3S/c1-13-5-8-15(9-6-13)24(22,23)20-12-11-16-14(7-10-18(19)21)3-2-4-17(16)20/h2-6,8-9,11-12H,7,10H2,1H3. The van der Waals surface area contributed by atoms with Crippen LogP contribution in [0.5, 0.6) is 0 Å². The molecule has 0 fully saturated rings. The molecule has 0 aliphatic carbocycles. The van der Waals surface area contributed by atoms with Gasteiger partial charge in [0, 0.05) is 18.0 Å². The third-order valence-corrected chi connectivity index (χ3v) is 5.85. The fraction of sp³-hybridized carbons (Fsp3) is 0.167. The summed E-state index contributed by atoms with van der Waals surface area (Å²) in [5.74, 6) is 0. The van der Waals surface area contributed by atoms with E-state index in [-0.39, 0.29) is 11.3 Å². The van der Waals surface area contributed by atoms with Gasteiger partial charge in [0.25, 0.3) is 10.0 Å². The quantitative estimate of drug-likeness (QED) is 0.648. The smallest absolute Gasteiger partial charge is 0.268 e. The molecule has 24 heavy (non-hydrogen) atoms. The van der Waals surface area contributed by atoms with Gasteiger partial charge in [-0.1, -0.05) is 29.8 Å². The molecule has 0 saturated heterocycles. The minimum absolute atomic E-state index is 0.219. The summed E-state index contributed by atoms with van der Waals surface area (Å²) in [5, 5.41) is 0.407. The molecule has 0 saturated carbocycles. The molecule has 1 aromatic heterocycles. The number of carbonyl (C=O) groups is 1. The van der Waals surface area contributed by atoms with E-state index in [9.17, 15) is 13.2 Å². The molecule has 4 nitrogen and oxygen atoms in total. The van der Waals surface area contributed by atoms with E-state index in [1.54, 1.807) is 48.7 Å². The van der Waals surface area contributed by atoms with Crippen LogP contribution in [0, 0.1) is 6.92 Å². The lowest BCUT2D eigenvalue weighted by Gasteiger charge is -2.09. The Bertz CT molecular complexity index is 1000. The average molecular weight is 362 g/mol. The van der Waals surface area contributed by atoms with Gasteiger partial charge in [-0.2, -0.15) is 0 Å². The fourth-order valence-corrected chi connectivity index (χ4v) is 4.13. The molecule has 0 N–H and O–H groups in total. The summed E-state index contributed by atoms with van der Waals surface area (Å²) in [6.07, 6.45) is 2.25. The van der Waals surface area contributed by atoms with Crippen LogP contribution in [0.2, 0.25) is 0 Å². The zero-order chi connectivity index (χ0) is 17.3. The Morgan fingerprint density at radius 2 is 1.79 bits per heavy atom. The van der Waals surface area contributed by atoms with Crippen LogP contribution in [0.3, 0.4) is 0 Å². The second-order valence-corrected chi connectivity index (χ2v) is 7.87. The summed E-state index contributed by atoms with van der Waals surface area (Å²) in [4.78, 5) is 11.2. The topological polar surface area (TPSA) is 56.1 Å². The number of fused-ring (bicyclic) bond motifs is 1. The normalized spacial score (nSPS) is 11.8. The number of aryl methyl sites for hydroxylation is 2. The molecule has 0 atom stereocenters. The van der Waals surface area contributed by atoms with E-state index in [0.717, 1.165) is 16.5 Å². The number of hydrogen-bond donors (Lipinski definition) is 0. The highest BCUT2D eigenvalue weighted by molar-refractivity contribution is 7.90. The van der Waals surface area contributed by atoms with Crippen molar-refractivity contribution in [2.24, 2.45) is 0 Å². The van der Waals surface area contributed by atoms with Crippen molar-refractivity contribution in [3.63, 3.8) is 0 Å². The van der Waals surface area contributed by atoms with E-state index < -0.39 is 15.3 Å². The van der Waals surface area contributed by atoms with E-state index >= 15 is 0 Å². The minimum Gasteiger partial charge on any atom is -0.281 e. The summed E-state index contributed by atoms with van der Waals surface area (Å²) in [6.45, 7) is 1.91. The van der Waals surface area contributed by atoms with Gasteiger partial charge in [-0.3, -0.25) is 4.79 Å².